The first kappa shape index (κ1) is 10.8. The third-order valence-corrected chi connectivity index (χ3v) is 1.30. The first-order chi connectivity index (χ1) is 5.59. The highest BCUT2D eigenvalue weighted by Gasteiger charge is 2.14. The van der Waals surface area contributed by atoms with Crippen molar-refractivity contribution in [2.75, 3.05) is 6.54 Å². The van der Waals surface area contributed by atoms with Crippen molar-refractivity contribution in [1.29, 1.82) is 0 Å². The number of nitrogens with zero attached hydrogens (tertiary/aromatic N) is 1. The van der Waals surface area contributed by atoms with E-state index in [-0.39, 0.29) is 13.0 Å². The molecular weight excluding hydrogens is 158 g/mol. The van der Waals surface area contributed by atoms with Crippen LogP contribution in [-0.2, 0) is 9.59 Å². The number of rotatable bonds is 5. The Balaban J connectivity index is 3.87. The predicted octanol–water partition coefficient (Wildman–Crippen LogP) is 0.218. The van der Waals surface area contributed by atoms with Crippen molar-refractivity contribution >= 4 is 11.9 Å². The van der Waals surface area contributed by atoms with Gasteiger partial charge in [0.15, 0.2) is 5.78 Å². The van der Waals surface area contributed by atoms with Crippen LogP contribution in [0.15, 0.2) is 17.1 Å². The lowest BCUT2D eigenvalue weighted by atomic mass is 10.1. The van der Waals surface area contributed by atoms with E-state index in [1.807, 2.05) is 0 Å². The van der Waals surface area contributed by atoms with Gasteiger partial charge in [0.25, 0.3) is 0 Å². The van der Waals surface area contributed by atoms with E-state index in [9.17, 15) is 9.59 Å². The molecular formula is C8H11NO3. The summed E-state index contributed by atoms with van der Waals surface area (Å²) in [4.78, 5) is 23.8. The van der Waals surface area contributed by atoms with Gasteiger partial charge in [-0.2, -0.15) is 0 Å². The Bertz CT molecular complexity index is 228. The number of hydrogen-bond acceptors (Lipinski definition) is 4. The van der Waals surface area contributed by atoms with E-state index in [2.05, 4.69) is 11.6 Å². The molecule has 12 heavy (non-hydrogen) atoms. The summed E-state index contributed by atoms with van der Waals surface area (Å²) in [6.07, 6.45) is 0.364. The maximum atomic E-state index is 10.9. The minimum absolute atomic E-state index is 0.115. The van der Waals surface area contributed by atoms with E-state index in [4.69, 9.17) is 5.11 Å². The molecule has 0 aromatic carbocycles. The summed E-state index contributed by atoms with van der Waals surface area (Å²) >= 11 is 0. The Kier molecular flexibility index (Phi) is 4.84. The Morgan fingerprint density at radius 3 is 2.75 bits per heavy atom. The Hall–Kier alpha value is -1.25. The number of aliphatic imine (C=N–C) groups is 1. The Morgan fingerprint density at radius 2 is 2.33 bits per heavy atom. The average molecular weight is 169 g/mol. The Labute approximate surface area is 70.6 Å². The molecule has 66 valence electrons. The van der Waals surface area contributed by atoms with Gasteiger partial charge in [-0.1, -0.05) is 6.58 Å². The zero-order chi connectivity index (χ0) is 9.56. The third-order valence-electron chi connectivity index (χ3n) is 1.30. The van der Waals surface area contributed by atoms with E-state index >= 15 is 0 Å². The van der Waals surface area contributed by atoms with Crippen LogP contribution in [0.2, 0.25) is 0 Å². The topological polar surface area (TPSA) is 66.7 Å². The average Bonchev–Trinajstić information content (AvgIpc) is 2.03. The molecule has 0 saturated heterocycles. The molecule has 0 radical (unpaired) electrons. The zero-order valence-corrected chi connectivity index (χ0v) is 6.91. The lowest BCUT2D eigenvalue weighted by Gasteiger charge is -2.05. The first-order valence-corrected chi connectivity index (χ1v) is 3.51. The third kappa shape index (κ3) is 3.81. The summed E-state index contributed by atoms with van der Waals surface area (Å²) in [5, 5.41) is 9.11. The molecule has 0 aliphatic heterocycles. The molecule has 0 aliphatic carbocycles. The molecule has 0 aliphatic rings. The lowest BCUT2D eigenvalue weighted by Crippen LogP contribution is -2.21. The van der Waals surface area contributed by atoms with Crippen LogP contribution in [0.3, 0.4) is 0 Å². The van der Waals surface area contributed by atoms with Gasteiger partial charge in [-0.05, 0) is 12.5 Å². The number of carbonyl (C=O) groups is 1. The van der Waals surface area contributed by atoms with E-state index < -0.39 is 11.9 Å². The van der Waals surface area contributed by atoms with Crippen molar-refractivity contribution in [1.82, 2.24) is 0 Å². The molecule has 1 unspecified atom stereocenters. The summed E-state index contributed by atoms with van der Waals surface area (Å²) in [7, 11) is 0. The van der Waals surface area contributed by atoms with Crippen LogP contribution < -0.4 is 0 Å². The summed E-state index contributed by atoms with van der Waals surface area (Å²) in [5.41, 5.74) is 0.303. The van der Waals surface area contributed by atoms with Crippen molar-refractivity contribution in [3.63, 3.8) is 0 Å². The standard InChI is InChI=1S/C8H11NO3/c1-6(2)8(12)7(11)3-4-9-5-10/h7,11H,1,3-4H2,2H3. The molecule has 0 saturated carbocycles. The second kappa shape index (κ2) is 5.41. The molecule has 0 heterocycles. The molecule has 0 bridgehead atoms. The lowest BCUT2D eigenvalue weighted by molar-refractivity contribution is -0.123. The fourth-order valence-electron chi connectivity index (χ4n) is 0.648. The van der Waals surface area contributed by atoms with Crippen LogP contribution in [0, 0.1) is 0 Å². The fraction of sp³-hybridized carbons (Fsp3) is 0.500. The number of ketones is 1. The second-order valence-electron chi connectivity index (χ2n) is 2.42. The van der Waals surface area contributed by atoms with Crippen molar-refractivity contribution < 1.29 is 14.7 Å². The summed E-state index contributed by atoms with van der Waals surface area (Å²) in [5.74, 6) is -0.406. The molecule has 0 amide bonds. The van der Waals surface area contributed by atoms with Crippen LogP contribution in [0.1, 0.15) is 13.3 Å². The van der Waals surface area contributed by atoms with Gasteiger partial charge in [-0.3, -0.25) is 4.79 Å². The summed E-state index contributed by atoms with van der Waals surface area (Å²) < 4.78 is 0. The predicted molar refractivity (Wildman–Crippen MR) is 43.4 cm³/mol. The molecule has 1 atom stereocenters. The van der Waals surface area contributed by atoms with E-state index in [1.165, 1.54) is 13.0 Å². The van der Waals surface area contributed by atoms with Crippen LogP contribution >= 0.6 is 0 Å². The van der Waals surface area contributed by atoms with Gasteiger partial charge in [0, 0.05) is 6.42 Å². The van der Waals surface area contributed by atoms with E-state index in [1.54, 1.807) is 0 Å². The quantitative estimate of drug-likeness (QED) is 0.363. The van der Waals surface area contributed by atoms with Gasteiger partial charge < -0.3 is 5.11 Å². The molecule has 0 fully saturated rings. The smallest absolute Gasteiger partial charge is 0.234 e. The number of isocyanates is 1. The molecule has 0 aromatic rings. The highest BCUT2D eigenvalue weighted by Crippen LogP contribution is 2.00. The maximum absolute atomic E-state index is 10.9. The molecule has 0 aromatic heterocycles. The largest absolute Gasteiger partial charge is 0.385 e. The van der Waals surface area contributed by atoms with E-state index in [0.29, 0.717) is 5.57 Å². The maximum Gasteiger partial charge on any atom is 0.234 e. The van der Waals surface area contributed by atoms with Crippen molar-refractivity contribution in [2.24, 2.45) is 4.99 Å². The van der Waals surface area contributed by atoms with Crippen LogP contribution in [-0.4, -0.2) is 29.6 Å². The second-order valence-corrected chi connectivity index (χ2v) is 2.42. The minimum Gasteiger partial charge on any atom is -0.385 e. The highest BCUT2D eigenvalue weighted by molar-refractivity contribution is 5.97. The van der Waals surface area contributed by atoms with Gasteiger partial charge in [-0.15, -0.1) is 0 Å². The molecule has 0 spiro atoms. The number of aliphatic hydroxyl groups excluding tert-OH is 1. The first-order valence-electron chi connectivity index (χ1n) is 3.51. The summed E-state index contributed by atoms with van der Waals surface area (Å²) in [6, 6.07) is 0. The molecule has 4 nitrogen and oxygen atoms in total. The number of aliphatic hydroxyl groups is 1. The van der Waals surface area contributed by atoms with Crippen molar-refractivity contribution in [3.8, 4) is 0 Å². The highest BCUT2D eigenvalue weighted by atomic mass is 16.3. The molecule has 0 rings (SSSR count). The number of hydrogen-bond donors (Lipinski definition) is 1. The van der Waals surface area contributed by atoms with Crippen molar-refractivity contribution in [3.05, 3.63) is 12.2 Å². The zero-order valence-electron chi connectivity index (χ0n) is 6.91. The Morgan fingerprint density at radius 1 is 1.75 bits per heavy atom. The normalized spacial score (nSPS) is 11.5. The fourth-order valence-corrected chi connectivity index (χ4v) is 0.648. The monoisotopic (exact) mass is 169 g/mol. The van der Waals surface area contributed by atoms with Gasteiger partial charge in [0.2, 0.25) is 6.08 Å². The number of Topliss-reactive ketones (excluding diaryl/α,β-unsaturated/α-hetero) is 1. The van der Waals surface area contributed by atoms with Crippen LogP contribution in [0.25, 0.3) is 0 Å². The molecule has 1 N–H and O–H groups in total. The van der Waals surface area contributed by atoms with Gasteiger partial charge in [-0.25, -0.2) is 9.79 Å². The van der Waals surface area contributed by atoms with E-state index in [0.717, 1.165) is 0 Å². The van der Waals surface area contributed by atoms with Gasteiger partial charge in [0.1, 0.15) is 6.10 Å². The van der Waals surface area contributed by atoms with Crippen LogP contribution in [0.4, 0.5) is 0 Å². The van der Waals surface area contributed by atoms with Crippen molar-refractivity contribution in [2.45, 2.75) is 19.4 Å². The minimum atomic E-state index is -1.10. The summed E-state index contributed by atoms with van der Waals surface area (Å²) in [6.45, 7) is 5.02. The SMILES string of the molecule is C=C(C)C(=O)C(O)CCN=C=O. The van der Waals surface area contributed by atoms with Gasteiger partial charge in [0.05, 0.1) is 6.54 Å². The van der Waals surface area contributed by atoms with Crippen LogP contribution in [0.5, 0.6) is 0 Å². The number of carbonyl (C=O) groups excluding carboxylic acids is 2. The molecule has 4 heteroatoms. The van der Waals surface area contributed by atoms with Gasteiger partial charge >= 0.3 is 0 Å².